The fourth-order valence-corrected chi connectivity index (χ4v) is 0.616. The average molecular weight is 118 g/mol. The van der Waals surface area contributed by atoms with E-state index in [9.17, 15) is 0 Å². The summed E-state index contributed by atoms with van der Waals surface area (Å²) in [4.78, 5) is 0. The third-order valence-corrected chi connectivity index (χ3v) is 1.10. The summed E-state index contributed by atoms with van der Waals surface area (Å²) in [6.45, 7) is 0.637. The lowest BCUT2D eigenvalue weighted by Gasteiger charge is -1.88. The maximum absolute atomic E-state index is 4.96. The Hall–Kier alpha value is -0.120. The highest BCUT2D eigenvalue weighted by Crippen LogP contribution is 2.21. The highest BCUT2D eigenvalue weighted by Gasteiger charge is 2.38. The molecule has 2 unspecified atom stereocenters. The van der Waals surface area contributed by atoms with Crippen LogP contribution in [0, 0.1) is 0 Å². The molecule has 1 saturated heterocycles. The summed E-state index contributed by atoms with van der Waals surface area (Å²) >= 11 is 0. The smallest absolute Gasteiger partial charge is 0.186 e. The summed E-state index contributed by atoms with van der Waals surface area (Å²) in [6, 6.07) is 0. The molecule has 1 rings (SSSR count). The minimum absolute atomic E-state index is 0.00468. The largest absolute Gasteiger partial charge is 0.382 e. The fraction of sp³-hybridized carbons (Fsp3) is 1.00. The van der Waals surface area contributed by atoms with E-state index >= 15 is 0 Å². The summed E-state index contributed by atoms with van der Waals surface area (Å²) in [5.74, 6) is 0. The van der Waals surface area contributed by atoms with E-state index < -0.39 is 0 Å². The summed E-state index contributed by atoms with van der Waals surface area (Å²) in [5.41, 5.74) is 0. The molecule has 0 aliphatic carbocycles. The Morgan fingerprint density at radius 3 is 2.62 bits per heavy atom. The Balaban J connectivity index is 1.99. The first kappa shape index (κ1) is 6.01. The van der Waals surface area contributed by atoms with E-state index in [-0.39, 0.29) is 12.4 Å². The Morgan fingerprint density at radius 2 is 2.25 bits per heavy atom. The van der Waals surface area contributed by atoms with E-state index in [2.05, 4.69) is 0 Å². The summed E-state index contributed by atoms with van der Waals surface area (Å²) < 4.78 is 14.6. The van der Waals surface area contributed by atoms with Crippen molar-refractivity contribution in [2.45, 2.75) is 12.4 Å². The van der Waals surface area contributed by atoms with Gasteiger partial charge in [-0.1, -0.05) is 0 Å². The predicted molar refractivity (Wildman–Crippen MR) is 27.5 cm³/mol. The van der Waals surface area contributed by atoms with Crippen LogP contribution in [0.25, 0.3) is 0 Å². The SMILES string of the molecule is COCC1OC1OC. The molecule has 0 bridgehead atoms. The number of rotatable bonds is 3. The molecule has 8 heavy (non-hydrogen) atoms. The molecule has 3 heteroatoms. The molecule has 0 radical (unpaired) electrons. The summed E-state index contributed by atoms with van der Waals surface area (Å²) in [7, 11) is 3.27. The van der Waals surface area contributed by atoms with Gasteiger partial charge >= 0.3 is 0 Å². The molecule has 1 aliphatic heterocycles. The molecule has 0 amide bonds. The maximum Gasteiger partial charge on any atom is 0.186 e. The van der Waals surface area contributed by atoms with Crippen molar-refractivity contribution in [1.29, 1.82) is 0 Å². The zero-order chi connectivity index (χ0) is 5.98. The number of hydrogen-bond donors (Lipinski definition) is 0. The van der Waals surface area contributed by atoms with Gasteiger partial charge in [-0.2, -0.15) is 0 Å². The Labute approximate surface area is 48.5 Å². The van der Waals surface area contributed by atoms with Gasteiger partial charge < -0.3 is 14.2 Å². The van der Waals surface area contributed by atoms with Gasteiger partial charge in [0.1, 0.15) is 6.10 Å². The topological polar surface area (TPSA) is 31.0 Å². The maximum atomic E-state index is 4.96. The molecule has 0 aromatic rings. The normalized spacial score (nSPS) is 35.2. The second kappa shape index (κ2) is 2.44. The first-order valence-corrected chi connectivity index (χ1v) is 2.55. The molecule has 3 nitrogen and oxygen atoms in total. The lowest BCUT2D eigenvalue weighted by Crippen LogP contribution is -2.02. The molecule has 1 fully saturated rings. The first-order valence-electron chi connectivity index (χ1n) is 2.55. The van der Waals surface area contributed by atoms with E-state index in [0.717, 1.165) is 0 Å². The minimum atomic E-state index is -0.00468. The summed E-state index contributed by atoms with van der Waals surface area (Å²) in [5, 5.41) is 0. The van der Waals surface area contributed by atoms with Crippen molar-refractivity contribution in [1.82, 2.24) is 0 Å². The fourth-order valence-electron chi connectivity index (χ4n) is 0.616. The van der Waals surface area contributed by atoms with Crippen LogP contribution in [0.15, 0.2) is 0 Å². The molecule has 0 N–H and O–H groups in total. The third kappa shape index (κ3) is 1.18. The van der Waals surface area contributed by atoms with Crippen LogP contribution in [0.1, 0.15) is 0 Å². The Morgan fingerprint density at radius 1 is 1.50 bits per heavy atom. The molecular weight excluding hydrogens is 108 g/mol. The van der Waals surface area contributed by atoms with Crippen LogP contribution >= 0.6 is 0 Å². The van der Waals surface area contributed by atoms with Crippen LogP contribution in [0.5, 0.6) is 0 Å². The van der Waals surface area contributed by atoms with Crippen LogP contribution in [-0.4, -0.2) is 33.2 Å². The lowest BCUT2D eigenvalue weighted by atomic mass is 10.5. The van der Waals surface area contributed by atoms with Gasteiger partial charge in [0.2, 0.25) is 0 Å². The molecule has 2 atom stereocenters. The van der Waals surface area contributed by atoms with E-state index in [1.54, 1.807) is 14.2 Å². The average Bonchev–Trinajstić information content (AvgIpc) is 2.48. The van der Waals surface area contributed by atoms with Crippen LogP contribution in [0.4, 0.5) is 0 Å². The molecule has 0 spiro atoms. The van der Waals surface area contributed by atoms with E-state index in [1.165, 1.54) is 0 Å². The van der Waals surface area contributed by atoms with Crippen LogP contribution in [0.3, 0.4) is 0 Å². The number of ether oxygens (including phenoxy) is 3. The lowest BCUT2D eigenvalue weighted by molar-refractivity contribution is 0.0950. The van der Waals surface area contributed by atoms with Gasteiger partial charge in [0.25, 0.3) is 0 Å². The van der Waals surface area contributed by atoms with Crippen molar-refractivity contribution in [3.05, 3.63) is 0 Å². The van der Waals surface area contributed by atoms with Gasteiger partial charge in [0, 0.05) is 14.2 Å². The molecule has 0 aromatic carbocycles. The van der Waals surface area contributed by atoms with Crippen molar-refractivity contribution in [3.8, 4) is 0 Å². The third-order valence-electron chi connectivity index (χ3n) is 1.10. The Kier molecular flexibility index (Phi) is 1.83. The quantitative estimate of drug-likeness (QED) is 0.489. The second-order valence-corrected chi connectivity index (χ2v) is 1.73. The van der Waals surface area contributed by atoms with Gasteiger partial charge in [0.05, 0.1) is 6.61 Å². The summed E-state index contributed by atoms with van der Waals surface area (Å²) in [6.07, 6.45) is 0.181. The van der Waals surface area contributed by atoms with Crippen molar-refractivity contribution in [2.75, 3.05) is 20.8 Å². The zero-order valence-corrected chi connectivity index (χ0v) is 5.09. The van der Waals surface area contributed by atoms with Crippen molar-refractivity contribution in [2.24, 2.45) is 0 Å². The molecule has 1 heterocycles. The van der Waals surface area contributed by atoms with Gasteiger partial charge in [0.15, 0.2) is 6.29 Å². The molecule has 48 valence electrons. The first-order chi connectivity index (χ1) is 3.88. The van der Waals surface area contributed by atoms with E-state index in [1.807, 2.05) is 0 Å². The Bertz CT molecular complexity index is 74.1. The van der Waals surface area contributed by atoms with Gasteiger partial charge in [-0.3, -0.25) is 0 Å². The number of methoxy groups -OCH3 is 2. The predicted octanol–water partition coefficient (Wildman–Crippen LogP) is 0.00410. The van der Waals surface area contributed by atoms with E-state index in [0.29, 0.717) is 6.61 Å². The second-order valence-electron chi connectivity index (χ2n) is 1.73. The van der Waals surface area contributed by atoms with E-state index in [4.69, 9.17) is 14.2 Å². The van der Waals surface area contributed by atoms with Crippen molar-refractivity contribution < 1.29 is 14.2 Å². The minimum Gasteiger partial charge on any atom is -0.382 e. The zero-order valence-electron chi connectivity index (χ0n) is 5.09. The monoisotopic (exact) mass is 118 g/mol. The standard InChI is InChI=1S/C5H10O3/c1-6-3-4-5(7-2)8-4/h4-5H,3H2,1-2H3. The molecule has 1 aliphatic rings. The highest BCUT2D eigenvalue weighted by molar-refractivity contribution is 4.74. The van der Waals surface area contributed by atoms with Crippen LogP contribution in [0.2, 0.25) is 0 Å². The molecule has 0 saturated carbocycles. The van der Waals surface area contributed by atoms with Crippen molar-refractivity contribution in [3.63, 3.8) is 0 Å². The number of epoxide rings is 1. The van der Waals surface area contributed by atoms with Crippen molar-refractivity contribution >= 4 is 0 Å². The van der Waals surface area contributed by atoms with Crippen LogP contribution < -0.4 is 0 Å². The van der Waals surface area contributed by atoms with Crippen LogP contribution in [-0.2, 0) is 14.2 Å². The van der Waals surface area contributed by atoms with Gasteiger partial charge in [-0.15, -0.1) is 0 Å². The van der Waals surface area contributed by atoms with Gasteiger partial charge in [-0.25, -0.2) is 0 Å². The molecular formula is C5H10O3. The molecule has 0 aromatic heterocycles. The number of hydrogen-bond acceptors (Lipinski definition) is 3. The van der Waals surface area contributed by atoms with Gasteiger partial charge in [-0.05, 0) is 0 Å². The highest BCUT2D eigenvalue weighted by atomic mass is 16.8.